The van der Waals surface area contributed by atoms with Gasteiger partial charge in [0.15, 0.2) is 11.5 Å². The molecule has 0 spiro atoms. The van der Waals surface area contributed by atoms with E-state index in [1.54, 1.807) is 25.1 Å². The summed E-state index contributed by atoms with van der Waals surface area (Å²) in [4.78, 5) is 0. The van der Waals surface area contributed by atoms with Crippen LogP contribution in [0.1, 0.15) is 11.1 Å². The third-order valence-electron chi connectivity index (χ3n) is 2.71. The van der Waals surface area contributed by atoms with Crippen LogP contribution >= 0.6 is 0 Å². The highest BCUT2D eigenvalue weighted by Crippen LogP contribution is 2.25. The van der Waals surface area contributed by atoms with Gasteiger partial charge in [0.2, 0.25) is 0 Å². The summed E-state index contributed by atoms with van der Waals surface area (Å²) in [5, 5.41) is 21.6. The van der Waals surface area contributed by atoms with E-state index < -0.39 is 0 Å². The van der Waals surface area contributed by atoms with Crippen LogP contribution in [0, 0.1) is 12.7 Å². The summed E-state index contributed by atoms with van der Waals surface area (Å²) in [6.45, 7) is 2.15. The Balaban J connectivity index is 2.06. The van der Waals surface area contributed by atoms with Crippen molar-refractivity contribution in [2.45, 2.75) is 13.5 Å². The SMILES string of the molecule is Cc1ccc(NCc2ccc(O)c(O)c2)cc1F. The van der Waals surface area contributed by atoms with Gasteiger partial charge in [-0.1, -0.05) is 12.1 Å². The minimum atomic E-state index is -0.256. The zero-order valence-corrected chi connectivity index (χ0v) is 9.94. The fraction of sp³-hybridized carbons (Fsp3) is 0.143. The van der Waals surface area contributed by atoms with E-state index in [0.717, 1.165) is 5.56 Å². The Kier molecular flexibility index (Phi) is 3.37. The van der Waals surface area contributed by atoms with Crippen LogP contribution in [0.2, 0.25) is 0 Å². The van der Waals surface area contributed by atoms with Crippen molar-refractivity contribution in [2.75, 3.05) is 5.32 Å². The molecule has 94 valence electrons. The molecule has 3 N–H and O–H groups in total. The standard InChI is InChI=1S/C14H14FNO2/c1-9-2-4-11(7-12(9)15)16-8-10-3-5-13(17)14(18)6-10/h2-7,16-18H,8H2,1H3. The van der Waals surface area contributed by atoms with E-state index in [9.17, 15) is 14.6 Å². The third-order valence-corrected chi connectivity index (χ3v) is 2.71. The van der Waals surface area contributed by atoms with E-state index in [-0.39, 0.29) is 17.3 Å². The van der Waals surface area contributed by atoms with Gasteiger partial charge in [-0.2, -0.15) is 0 Å². The van der Waals surface area contributed by atoms with Crippen molar-refractivity contribution in [1.29, 1.82) is 0 Å². The molecule has 0 heterocycles. The molecule has 0 aliphatic heterocycles. The fourth-order valence-corrected chi connectivity index (χ4v) is 1.59. The van der Waals surface area contributed by atoms with Gasteiger partial charge in [-0.15, -0.1) is 0 Å². The van der Waals surface area contributed by atoms with Crippen LogP contribution in [0.5, 0.6) is 11.5 Å². The molecule has 0 fully saturated rings. The first kappa shape index (κ1) is 12.2. The van der Waals surface area contributed by atoms with Crippen LogP contribution in [-0.4, -0.2) is 10.2 Å². The topological polar surface area (TPSA) is 52.5 Å². The highest BCUT2D eigenvalue weighted by molar-refractivity contribution is 5.47. The molecule has 0 saturated carbocycles. The molecule has 18 heavy (non-hydrogen) atoms. The van der Waals surface area contributed by atoms with Crippen LogP contribution in [0.4, 0.5) is 10.1 Å². The second-order valence-electron chi connectivity index (χ2n) is 4.14. The molecule has 2 rings (SSSR count). The Bertz CT molecular complexity index is 518. The molecular weight excluding hydrogens is 233 g/mol. The third kappa shape index (κ3) is 2.71. The van der Waals surface area contributed by atoms with Gasteiger partial charge >= 0.3 is 0 Å². The molecule has 0 amide bonds. The molecule has 3 nitrogen and oxygen atoms in total. The number of aryl methyl sites for hydroxylation is 1. The van der Waals surface area contributed by atoms with Crippen molar-refractivity contribution >= 4 is 5.69 Å². The number of benzene rings is 2. The molecule has 0 unspecified atom stereocenters. The Morgan fingerprint density at radius 1 is 1.06 bits per heavy atom. The minimum Gasteiger partial charge on any atom is -0.504 e. The quantitative estimate of drug-likeness (QED) is 0.730. The van der Waals surface area contributed by atoms with E-state index in [0.29, 0.717) is 17.8 Å². The van der Waals surface area contributed by atoms with Crippen LogP contribution in [-0.2, 0) is 6.54 Å². The van der Waals surface area contributed by atoms with Crippen LogP contribution < -0.4 is 5.32 Å². The lowest BCUT2D eigenvalue weighted by molar-refractivity contribution is 0.403. The lowest BCUT2D eigenvalue weighted by atomic mass is 10.2. The minimum absolute atomic E-state index is 0.153. The molecule has 0 aliphatic rings. The molecule has 2 aromatic carbocycles. The molecule has 0 atom stereocenters. The summed E-state index contributed by atoms with van der Waals surface area (Å²) in [6, 6.07) is 9.49. The van der Waals surface area contributed by atoms with Gasteiger partial charge in [0.1, 0.15) is 5.82 Å². The summed E-state index contributed by atoms with van der Waals surface area (Å²) in [5.74, 6) is -0.571. The van der Waals surface area contributed by atoms with Crippen molar-refractivity contribution < 1.29 is 14.6 Å². The van der Waals surface area contributed by atoms with Gasteiger partial charge in [0, 0.05) is 12.2 Å². The summed E-state index contributed by atoms with van der Waals surface area (Å²) in [6.07, 6.45) is 0. The zero-order chi connectivity index (χ0) is 13.1. The number of hydrogen-bond acceptors (Lipinski definition) is 3. The normalized spacial score (nSPS) is 10.3. The van der Waals surface area contributed by atoms with Gasteiger partial charge < -0.3 is 15.5 Å². The fourth-order valence-electron chi connectivity index (χ4n) is 1.59. The highest BCUT2D eigenvalue weighted by atomic mass is 19.1. The first-order chi connectivity index (χ1) is 8.56. The van der Waals surface area contributed by atoms with E-state index >= 15 is 0 Å². The van der Waals surface area contributed by atoms with Crippen LogP contribution in [0.3, 0.4) is 0 Å². The molecule has 0 aliphatic carbocycles. The number of halogens is 1. The van der Waals surface area contributed by atoms with Crippen LogP contribution in [0.15, 0.2) is 36.4 Å². The monoisotopic (exact) mass is 247 g/mol. The van der Waals surface area contributed by atoms with Gasteiger partial charge in [-0.3, -0.25) is 0 Å². The molecule has 0 saturated heterocycles. The predicted octanol–water partition coefficient (Wildman–Crippen LogP) is 3.16. The van der Waals surface area contributed by atoms with Gasteiger partial charge in [-0.25, -0.2) is 4.39 Å². The molecule has 0 bridgehead atoms. The smallest absolute Gasteiger partial charge is 0.157 e. The molecule has 4 heteroatoms. The Morgan fingerprint density at radius 3 is 2.50 bits per heavy atom. The lowest BCUT2D eigenvalue weighted by Crippen LogP contribution is -1.99. The van der Waals surface area contributed by atoms with Crippen molar-refractivity contribution in [2.24, 2.45) is 0 Å². The van der Waals surface area contributed by atoms with Gasteiger partial charge in [0.25, 0.3) is 0 Å². The van der Waals surface area contributed by atoms with E-state index in [1.807, 2.05) is 0 Å². The van der Waals surface area contributed by atoms with Crippen molar-refractivity contribution in [3.05, 3.63) is 53.3 Å². The van der Waals surface area contributed by atoms with E-state index in [1.165, 1.54) is 18.2 Å². The van der Waals surface area contributed by atoms with Crippen molar-refractivity contribution in [1.82, 2.24) is 0 Å². The second-order valence-corrected chi connectivity index (χ2v) is 4.14. The first-order valence-electron chi connectivity index (χ1n) is 5.57. The summed E-state index contributed by atoms with van der Waals surface area (Å²) in [5.41, 5.74) is 2.07. The summed E-state index contributed by atoms with van der Waals surface area (Å²) in [7, 11) is 0. The number of phenols is 2. The van der Waals surface area contributed by atoms with E-state index in [2.05, 4.69) is 5.32 Å². The average Bonchev–Trinajstić information content (AvgIpc) is 2.35. The maximum Gasteiger partial charge on any atom is 0.157 e. The maximum absolute atomic E-state index is 13.3. The van der Waals surface area contributed by atoms with Gasteiger partial charge in [0.05, 0.1) is 0 Å². The average molecular weight is 247 g/mol. The molecular formula is C14H14FNO2. The Hall–Kier alpha value is -2.23. The van der Waals surface area contributed by atoms with Crippen molar-refractivity contribution in [3.63, 3.8) is 0 Å². The highest BCUT2D eigenvalue weighted by Gasteiger charge is 2.02. The first-order valence-corrected chi connectivity index (χ1v) is 5.57. The Labute approximate surface area is 105 Å². The van der Waals surface area contributed by atoms with Gasteiger partial charge in [-0.05, 0) is 42.3 Å². The molecule has 0 aromatic heterocycles. The number of anilines is 1. The molecule has 2 aromatic rings. The number of hydrogen-bond donors (Lipinski definition) is 3. The van der Waals surface area contributed by atoms with Crippen LogP contribution in [0.25, 0.3) is 0 Å². The van der Waals surface area contributed by atoms with Crippen molar-refractivity contribution in [3.8, 4) is 11.5 Å². The zero-order valence-electron chi connectivity index (χ0n) is 9.94. The number of nitrogens with one attached hydrogen (secondary N) is 1. The van der Waals surface area contributed by atoms with E-state index in [4.69, 9.17) is 0 Å². The number of rotatable bonds is 3. The largest absolute Gasteiger partial charge is 0.504 e. The molecule has 0 radical (unpaired) electrons. The summed E-state index contributed by atoms with van der Waals surface area (Å²) >= 11 is 0. The Morgan fingerprint density at radius 2 is 1.83 bits per heavy atom. The predicted molar refractivity (Wildman–Crippen MR) is 68.2 cm³/mol. The second kappa shape index (κ2) is 4.96. The maximum atomic E-state index is 13.3. The number of aromatic hydroxyl groups is 2. The summed E-state index contributed by atoms with van der Waals surface area (Å²) < 4.78 is 13.3. The number of phenolic OH excluding ortho intramolecular Hbond substituents is 2. The lowest BCUT2D eigenvalue weighted by Gasteiger charge is -2.08.